The van der Waals surface area contributed by atoms with Crippen LogP contribution in [-0.4, -0.2) is 26.4 Å². The second kappa shape index (κ2) is 6.34. The van der Waals surface area contributed by atoms with Crippen LogP contribution in [0.3, 0.4) is 0 Å². The first kappa shape index (κ1) is 12.8. The second-order valence-electron chi connectivity index (χ2n) is 4.13. The molecule has 94 valence electrons. The molecule has 0 bridgehead atoms. The zero-order chi connectivity index (χ0) is 12.8. The van der Waals surface area contributed by atoms with E-state index < -0.39 is 0 Å². The molecule has 0 aromatic heterocycles. The third-order valence-corrected chi connectivity index (χ3v) is 3.00. The average Bonchev–Trinajstić information content (AvgIpc) is 2.45. The number of hydrogen-bond donors (Lipinski definition) is 0. The highest BCUT2D eigenvalue weighted by Crippen LogP contribution is 2.18. The van der Waals surface area contributed by atoms with Gasteiger partial charge in [0.1, 0.15) is 12.2 Å². The maximum atomic E-state index is 5.40. The van der Waals surface area contributed by atoms with Gasteiger partial charge in [-0.1, -0.05) is 60.8 Å². The predicted octanol–water partition coefficient (Wildman–Crippen LogP) is 3.12. The molecule has 0 aromatic carbocycles. The molecule has 0 heterocycles. The van der Waals surface area contributed by atoms with E-state index >= 15 is 0 Å². The fourth-order valence-electron chi connectivity index (χ4n) is 2.00. The summed E-state index contributed by atoms with van der Waals surface area (Å²) in [7, 11) is 3.44. The summed E-state index contributed by atoms with van der Waals surface area (Å²) >= 11 is 0. The second-order valence-corrected chi connectivity index (χ2v) is 4.13. The SMILES string of the molecule is COC1C=CC=C/C1=C/C=C1\C=CC=CC1OC. The maximum Gasteiger partial charge on any atom is 0.101 e. The van der Waals surface area contributed by atoms with Crippen molar-refractivity contribution >= 4 is 0 Å². The van der Waals surface area contributed by atoms with Crippen LogP contribution in [0, 0.1) is 0 Å². The molecule has 0 saturated heterocycles. The number of allylic oxidation sites excluding steroid dienone is 6. The van der Waals surface area contributed by atoms with E-state index in [2.05, 4.69) is 24.3 Å². The zero-order valence-corrected chi connectivity index (χ0v) is 10.7. The Morgan fingerprint density at radius 3 is 1.61 bits per heavy atom. The van der Waals surface area contributed by atoms with E-state index in [0.29, 0.717) is 0 Å². The molecule has 2 rings (SSSR count). The van der Waals surface area contributed by atoms with E-state index in [1.807, 2.05) is 36.5 Å². The van der Waals surface area contributed by atoms with Gasteiger partial charge in [0.05, 0.1) is 0 Å². The third kappa shape index (κ3) is 2.97. The number of rotatable bonds is 3. The van der Waals surface area contributed by atoms with E-state index in [1.54, 1.807) is 14.2 Å². The summed E-state index contributed by atoms with van der Waals surface area (Å²) < 4.78 is 10.8. The van der Waals surface area contributed by atoms with Crippen molar-refractivity contribution in [3.05, 3.63) is 71.9 Å². The minimum Gasteiger partial charge on any atom is -0.373 e. The van der Waals surface area contributed by atoms with Gasteiger partial charge in [-0.3, -0.25) is 0 Å². The molecule has 2 aliphatic rings. The van der Waals surface area contributed by atoms with Crippen LogP contribution in [0.1, 0.15) is 0 Å². The highest BCUT2D eigenvalue weighted by Gasteiger charge is 2.11. The van der Waals surface area contributed by atoms with Crippen molar-refractivity contribution < 1.29 is 9.47 Å². The predicted molar refractivity (Wildman–Crippen MR) is 74.3 cm³/mol. The molecule has 2 unspecified atom stereocenters. The quantitative estimate of drug-likeness (QED) is 0.757. The Bertz CT molecular complexity index is 417. The van der Waals surface area contributed by atoms with Gasteiger partial charge in [-0.05, 0) is 11.1 Å². The van der Waals surface area contributed by atoms with Crippen LogP contribution in [-0.2, 0) is 9.47 Å². The van der Waals surface area contributed by atoms with E-state index in [0.717, 1.165) is 11.1 Å². The van der Waals surface area contributed by atoms with Crippen LogP contribution in [0.15, 0.2) is 71.9 Å². The highest BCUT2D eigenvalue weighted by molar-refractivity contribution is 5.42. The summed E-state index contributed by atoms with van der Waals surface area (Å²) in [5.41, 5.74) is 2.29. The van der Waals surface area contributed by atoms with Crippen molar-refractivity contribution in [1.82, 2.24) is 0 Å². The van der Waals surface area contributed by atoms with E-state index in [-0.39, 0.29) is 12.2 Å². The number of methoxy groups -OCH3 is 2. The monoisotopic (exact) mass is 242 g/mol. The first-order chi connectivity index (χ1) is 8.85. The van der Waals surface area contributed by atoms with Gasteiger partial charge in [-0.15, -0.1) is 0 Å². The molecule has 0 aromatic rings. The van der Waals surface area contributed by atoms with Gasteiger partial charge in [0, 0.05) is 14.2 Å². The minimum atomic E-state index is 0.0379. The summed E-state index contributed by atoms with van der Waals surface area (Å²) in [5, 5.41) is 0. The Morgan fingerprint density at radius 1 is 0.778 bits per heavy atom. The van der Waals surface area contributed by atoms with Gasteiger partial charge in [0.15, 0.2) is 0 Å². The van der Waals surface area contributed by atoms with Crippen LogP contribution in [0.2, 0.25) is 0 Å². The summed E-state index contributed by atoms with van der Waals surface area (Å²) in [4.78, 5) is 0. The van der Waals surface area contributed by atoms with Gasteiger partial charge in [0.2, 0.25) is 0 Å². The Hall–Kier alpha value is -1.64. The van der Waals surface area contributed by atoms with Crippen LogP contribution >= 0.6 is 0 Å². The Balaban J connectivity index is 2.18. The molecule has 0 N–H and O–H groups in total. The topological polar surface area (TPSA) is 18.5 Å². The lowest BCUT2D eigenvalue weighted by molar-refractivity contribution is 0.169. The van der Waals surface area contributed by atoms with Gasteiger partial charge in [-0.25, -0.2) is 0 Å². The largest absolute Gasteiger partial charge is 0.373 e. The van der Waals surface area contributed by atoms with Gasteiger partial charge < -0.3 is 9.47 Å². The molecule has 0 spiro atoms. The lowest BCUT2D eigenvalue weighted by atomic mass is 10.0. The van der Waals surface area contributed by atoms with Crippen LogP contribution < -0.4 is 0 Å². The normalized spacial score (nSPS) is 30.6. The third-order valence-electron chi connectivity index (χ3n) is 3.00. The molecule has 0 saturated carbocycles. The molecule has 0 fully saturated rings. The summed E-state index contributed by atoms with van der Waals surface area (Å²) in [5.74, 6) is 0. The van der Waals surface area contributed by atoms with Crippen molar-refractivity contribution in [1.29, 1.82) is 0 Å². The molecule has 2 nitrogen and oxygen atoms in total. The van der Waals surface area contributed by atoms with Crippen molar-refractivity contribution in [3.63, 3.8) is 0 Å². The summed E-state index contributed by atoms with van der Waals surface area (Å²) in [6, 6.07) is 0. The zero-order valence-electron chi connectivity index (χ0n) is 10.7. The van der Waals surface area contributed by atoms with Crippen molar-refractivity contribution in [2.45, 2.75) is 12.2 Å². The van der Waals surface area contributed by atoms with E-state index in [4.69, 9.17) is 9.47 Å². The Labute approximate surface area is 108 Å². The Morgan fingerprint density at radius 2 is 1.22 bits per heavy atom. The summed E-state index contributed by atoms with van der Waals surface area (Å²) in [6.45, 7) is 0. The molecule has 2 heteroatoms. The van der Waals surface area contributed by atoms with Gasteiger partial charge >= 0.3 is 0 Å². The standard InChI is InChI=1S/C16H18O2/c1-17-15-9-5-3-7-13(15)11-12-14-8-4-6-10-16(14)18-2/h3-12,15-16H,1-2H3/b13-11-,14-12+. The fourth-order valence-corrected chi connectivity index (χ4v) is 2.00. The van der Waals surface area contributed by atoms with Crippen molar-refractivity contribution in [2.24, 2.45) is 0 Å². The van der Waals surface area contributed by atoms with Crippen molar-refractivity contribution in [2.75, 3.05) is 14.2 Å². The van der Waals surface area contributed by atoms with E-state index in [9.17, 15) is 0 Å². The lowest BCUT2D eigenvalue weighted by Gasteiger charge is -2.16. The number of hydrogen-bond acceptors (Lipinski definition) is 2. The highest BCUT2D eigenvalue weighted by atomic mass is 16.5. The molecule has 0 aliphatic heterocycles. The molecule has 2 atom stereocenters. The van der Waals surface area contributed by atoms with E-state index in [1.165, 1.54) is 0 Å². The molecular weight excluding hydrogens is 224 g/mol. The molecule has 0 amide bonds. The fraction of sp³-hybridized carbons (Fsp3) is 0.250. The smallest absolute Gasteiger partial charge is 0.101 e. The maximum absolute atomic E-state index is 5.40. The summed E-state index contributed by atoms with van der Waals surface area (Å²) in [6.07, 6.45) is 20.5. The van der Waals surface area contributed by atoms with Crippen LogP contribution in [0.25, 0.3) is 0 Å². The average molecular weight is 242 g/mol. The van der Waals surface area contributed by atoms with Gasteiger partial charge in [0.25, 0.3) is 0 Å². The molecule has 2 aliphatic carbocycles. The Kier molecular flexibility index (Phi) is 4.51. The van der Waals surface area contributed by atoms with Crippen molar-refractivity contribution in [3.8, 4) is 0 Å². The lowest BCUT2D eigenvalue weighted by Crippen LogP contribution is -2.12. The van der Waals surface area contributed by atoms with Crippen LogP contribution in [0.4, 0.5) is 0 Å². The number of ether oxygens (including phenoxy) is 2. The first-order valence-corrected chi connectivity index (χ1v) is 6.02. The van der Waals surface area contributed by atoms with Crippen LogP contribution in [0.5, 0.6) is 0 Å². The van der Waals surface area contributed by atoms with Gasteiger partial charge in [-0.2, -0.15) is 0 Å². The minimum absolute atomic E-state index is 0.0379. The molecule has 0 radical (unpaired) electrons. The first-order valence-electron chi connectivity index (χ1n) is 6.02. The molecule has 18 heavy (non-hydrogen) atoms. The molecular formula is C16H18O2.